The molecule has 0 aliphatic carbocycles. The molecule has 0 fully saturated rings. The molecular weight excluding hydrogens is 290 g/mol. The summed E-state index contributed by atoms with van der Waals surface area (Å²) >= 11 is 6.10. The number of anilines is 1. The summed E-state index contributed by atoms with van der Waals surface area (Å²) in [6, 6.07) is 7.31. The highest BCUT2D eigenvalue weighted by atomic mass is 35.5. The zero-order chi connectivity index (χ0) is 14.7. The molecule has 2 heterocycles. The first-order valence-electron chi connectivity index (χ1n) is 6.11. The van der Waals surface area contributed by atoms with Crippen molar-refractivity contribution in [2.75, 3.05) is 5.32 Å². The van der Waals surface area contributed by atoms with Crippen LogP contribution in [0.1, 0.15) is 10.5 Å². The molecule has 0 unspecified atom stereocenters. The number of nitrogens with zero attached hydrogens (tertiary/aromatic N) is 4. The lowest BCUT2D eigenvalue weighted by Gasteiger charge is -2.03. The fourth-order valence-electron chi connectivity index (χ4n) is 1.77. The van der Waals surface area contributed by atoms with Crippen molar-refractivity contribution in [2.45, 2.75) is 0 Å². The fraction of sp³-hybridized carbons (Fsp3) is 0. The van der Waals surface area contributed by atoms with Gasteiger partial charge < -0.3 is 5.32 Å². The first-order chi connectivity index (χ1) is 10.2. The highest BCUT2D eigenvalue weighted by Gasteiger charge is 2.10. The maximum atomic E-state index is 12.0. The smallest absolute Gasteiger partial charge is 0.275 e. The van der Waals surface area contributed by atoms with Crippen LogP contribution in [0.4, 0.5) is 5.69 Å². The van der Waals surface area contributed by atoms with Crippen LogP contribution < -0.4 is 5.32 Å². The Morgan fingerprint density at radius 3 is 2.81 bits per heavy atom. The number of halogens is 1. The third-order valence-electron chi connectivity index (χ3n) is 2.74. The van der Waals surface area contributed by atoms with Gasteiger partial charge in [-0.2, -0.15) is 5.10 Å². The zero-order valence-corrected chi connectivity index (χ0v) is 11.5. The molecule has 104 valence electrons. The topological polar surface area (TPSA) is 72.7 Å². The molecule has 0 radical (unpaired) electrons. The number of aromatic nitrogens is 4. The van der Waals surface area contributed by atoms with Gasteiger partial charge in [0.25, 0.3) is 5.91 Å². The van der Waals surface area contributed by atoms with Gasteiger partial charge in [-0.1, -0.05) is 23.7 Å². The third kappa shape index (κ3) is 2.90. The minimum atomic E-state index is -0.346. The monoisotopic (exact) mass is 299 g/mol. The molecule has 3 aromatic rings. The largest absolute Gasteiger partial charge is 0.318 e. The number of benzene rings is 1. The number of rotatable bonds is 3. The minimum absolute atomic E-state index is 0.239. The molecule has 0 saturated carbocycles. The molecular formula is C14H10ClN5O. The predicted molar refractivity (Wildman–Crippen MR) is 78.6 cm³/mol. The van der Waals surface area contributed by atoms with Crippen LogP contribution in [-0.4, -0.2) is 25.7 Å². The Kier molecular flexibility index (Phi) is 3.61. The van der Waals surface area contributed by atoms with E-state index in [1.54, 1.807) is 16.9 Å². The second-order valence-corrected chi connectivity index (χ2v) is 4.58. The van der Waals surface area contributed by atoms with E-state index >= 15 is 0 Å². The first kappa shape index (κ1) is 13.3. The standard InChI is InChI=1S/C14H10ClN5O/c15-11-3-1-2-4-13(11)20-9-10(7-18-20)19-14(21)12-8-16-5-6-17-12/h1-9H,(H,19,21). The Balaban J connectivity index is 1.80. The fourth-order valence-corrected chi connectivity index (χ4v) is 1.99. The molecule has 0 aliphatic heterocycles. The van der Waals surface area contributed by atoms with Crippen LogP contribution in [0.25, 0.3) is 5.69 Å². The quantitative estimate of drug-likeness (QED) is 0.806. The van der Waals surface area contributed by atoms with Crippen molar-refractivity contribution in [1.29, 1.82) is 0 Å². The molecule has 21 heavy (non-hydrogen) atoms. The minimum Gasteiger partial charge on any atom is -0.318 e. The average Bonchev–Trinajstić information content (AvgIpc) is 2.97. The van der Waals surface area contributed by atoms with E-state index in [2.05, 4.69) is 20.4 Å². The number of hydrogen-bond donors (Lipinski definition) is 1. The third-order valence-corrected chi connectivity index (χ3v) is 3.06. The number of para-hydroxylation sites is 1. The summed E-state index contributed by atoms with van der Waals surface area (Å²) in [7, 11) is 0. The zero-order valence-electron chi connectivity index (χ0n) is 10.8. The highest BCUT2D eigenvalue weighted by molar-refractivity contribution is 6.32. The lowest BCUT2D eigenvalue weighted by molar-refractivity contribution is 0.102. The second kappa shape index (κ2) is 5.72. The second-order valence-electron chi connectivity index (χ2n) is 4.17. The summed E-state index contributed by atoms with van der Waals surface area (Å²) in [5.74, 6) is -0.346. The number of amides is 1. The van der Waals surface area contributed by atoms with Gasteiger partial charge >= 0.3 is 0 Å². The molecule has 2 aromatic heterocycles. The summed E-state index contributed by atoms with van der Waals surface area (Å²) in [4.78, 5) is 19.7. The van der Waals surface area contributed by atoms with Crippen LogP contribution in [0.2, 0.25) is 5.02 Å². The first-order valence-corrected chi connectivity index (χ1v) is 6.49. The van der Waals surface area contributed by atoms with Gasteiger partial charge in [0.2, 0.25) is 0 Å². The van der Waals surface area contributed by atoms with Crippen LogP contribution in [0.3, 0.4) is 0 Å². The summed E-state index contributed by atoms with van der Waals surface area (Å²) in [6.45, 7) is 0. The van der Waals surface area contributed by atoms with E-state index in [-0.39, 0.29) is 11.6 Å². The molecule has 7 heteroatoms. The lowest BCUT2D eigenvalue weighted by atomic mass is 10.3. The Morgan fingerprint density at radius 2 is 2.05 bits per heavy atom. The van der Waals surface area contributed by atoms with Crippen molar-refractivity contribution < 1.29 is 4.79 Å². The molecule has 1 aromatic carbocycles. The van der Waals surface area contributed by atoms with Gasteiger partial charge in [-0.3, -0.25) is 9.78 Å². The van der Waals surface area contributed by atoms with E-state index in [0.29, 0.717) is 10.7 Å². The normalized spacial score (nSPS) is 10.3. The number of nitrogens with one attached hydrogen (secondary N) is 1. The van der Waals surface area contributed by atoms with Gasteiger partial charge in [0, 0.05) is 12.4 Å². The van der Waals surface area contributed by atoms with Crippen LogP contribution in [0.5, 0.6) is 0 Å². The molecule has 1 N–H and O–H groups in total. The van der Waals surface area contributed by atoms with Crippen LogP contribution >= 0.6 is 11.6 Å². The van der Waals surface area contributed by atoms with Gasteiger partial charge in [0.15, 0.2) is 0 Å². The van der Waals surface area contributed by atoms with Crippen molar-refractivity contribution in [3.05, 3.63) is 66.0 Å². The van der Waals surface area contributed by atoms with Crippen molar-refractivity contribution in [1.82, 2.24) is 19.7 Å². The summed E-state index contributed by atoms with van der Waals surface area (Å²) in [6.07, 6.45) is 7.58. The molecule has 0 saturated heterocycles. The Hall–Kier alpha value is -2.73. The average molecular weight is 300 g/mol. The Morgan fingerprint density at radius 1 is 1.19 bits per heavy atom. The maximum absolute atomic E-state index is 12.0. The van der Waals surface area contributed by atoms with Crippen molar-refractivity contribution in [2.24, 2.45) is 0 Å². The van der Waals surface area contributed by atoms with Gasteiger partial charge in [-0.15, -0.1) is 0 Å². The molecule has 3 rings (SSSR count). The highest BCUT2D eigenvalue weighted by Crippen LogP contribution is 2.20. The number of carbonyl (C=O) groups is 1. The van der Waals surface area contributed by atoms with Crippen LogP contribution in [0, 0.1) is 0 Å². The van der Waals surface area contributed by atoms with E-state index in [0.717, 1.165) is 5.69 Å². The summed E-state index contributed by atoms with van der Waals surface area (Å²) in [5.41, 5.74) is 1.52. The maximum Gasteiger partial charge on any atom is 0.275 e. The van der Waals surface area contributed by atoms with Crippen LogP contribution in [0.15, 0.2) is 55.2 Å². The van der Waals surface area contributed by atoms with E-state index in [4.69, 9.17) is 11.6 Å². The van der Waals surface area contributed by atoms with Crippen LogP contribution in [-0.2, 0) is 0 Å². The van der Waals surface area contributed by atoms with E-state index < -0.39 is 0 Å². The number of carbonyl (C=O) groups excluding carboxylic acids is 1. The number of hydrogen-bond acceptors (Lipinski definition) is 4. The van der Waals surface area contributed by atoms with E-state index in [1.807, 2.05) is 18.2 Å². The molecule has 6 nitrogen and oxygen atoms in total. The lowest BCUT2D eigenvalue weighted by Crippen LogP contribution is -2.13. The van der Waals surface area contributed by atoms with Crippen molar-refractivity contribution >= 4 is 23.2 Å². The molecule has 0 bridgehead atoms. The summed E-state index contributed by atoms with van der Waals surface area (Å²) in [5, 5.41) is 7.45. The van der Waals surface area contributed by atoms with E-state index in [1.165, 1.54) is 24.8 Å². The molecule has 0 atom stereocenters. The van der Waals surface area contributed by atoms with Gasteiger partial charge in [-0.25, -0.2) is 9.67 Å². The molecule has 1 amide bonds. The molecule has 0 spiro atoms. The van der Waals surface area contributed by atoms with E-state index in [9.17, 15) is 4.79 Å². The molecule has 0 aliphatic rings. The van der Waals surface area contributed by atoms with Gasteiger partial charge in [0.1, 0.15) is 5.69 Å². The van der Waals surface area contributed by atoms with Gasteiger partial charge in [-0.05, 0) is 12.1 Å². The van der Waals surface area contributed by atoms with Gasteiger partial charge in [0.05, 0.1) is 35.0 Å². The Bertz CT molecular complexity index is 772. The Labute approximate surface area is 125 Å². The summed E-state index contributed by atoms with van der Waals surface area (Å²) < 4.78 is 1.59. The van der Waals surface area contributed by atoms with Crippen molar-refractivity contribution in [3.63, 3.8) is 0 Å². The SMILES string of the molecule is O=C(Nc1cnn(-c2ccccc2Cl)c1)c1cnccn1. The predicted octanol–water partition coefficient (Wildman–Crippen LogP) is 2.57. The van der Waals surface area contributed by atoms with Crippen molar-refractivity contribution in [3.8, 4) is 5.69 Å².